The zero-order valence-electron chi connectivity index (χ0n) is 16.9. The highest BCUT2D eigenvalue weighted by Crippen LogP contribution is 2.37. The van der Waals surface area contributed by atoms with Crippen molar-refractivity contribution in [3.63, 3.8) is 0 Å². The minimum absolute atomic E-state index is 0.126. The van der Waals surface area contributed by atoms with Crippen LogP contribution in [0.1, 0.15) is 55.5 Å². The molecular weight excluding hydrogens is 303 g/mol. The van der Waals surface area contributed by atoms with Crippen LogP contribution in [-0.2, 0) is 10.2 Å². The van der Waals surface area contributed by atoms with Crippen molar-refractivity contribution in [2.75, 3.05) is 0 Å². The second-order valence-corrected chi connectivity index (χ2v) is 7.80. The summed E-state index contributed by atoms with van der Waals surface area (Å²) < 4.78 is 0. The fourth-order valence-corrected chi connectivity index (χ4v) is 3.41. The lowest BCUT2D eigenvalue weighted by atomic mass is 9.73. The fourth-order valence-electron chi connectivity index (χ4n) is 3.41. The van der Waals surface area contributed by atoms with E-state index in [2.05, 4.69) is 85.8 Å². The van der Waals surface area contributed by atoms with Crippen molar-refractivity contribution in [2.24, 2.45) is 0 Å². The minimum Gasteiger partial charge on any atom is -0.294 e. The molecule has 0 fully saturated rings. The maximum atomic E-state index is 12.6. The van der Waals surface area contributed by atoms with Gasteiger partial charge in [0.05, 0.1) is 0 Å². The predicted molar refractivity (Wildman–Crippen MR) is 112 cm³/mol. The molecule has 0 atom stereocenters. The number of ketones is 1. The Morgan fingerprint density at radius 1 is 0.920 bits per heavy atom. The number of hydrogen-bond acceptors (Lipinski definition) is 1. The van der Waals surface area contributed by atoms with Gasteiger partial charge in [-0.15, -0.1) is 0 Å². The molecule has 0 aliphatic carbocycles. The minimum atomic E-state index is -0.212. The Morgan fingerprint density at radius 3 is 2.08 bits per heavy atom. The van der Waals surface area contributed by atoms with Crippen LogP contribution in [0.5, 0.6) is 0 Å². The van der Waals surface area contributed by atoms with Gasteiger partial charge < -0.3 is 0 Å². The van der Waals surface area contributed by atoms with E-state index in [1.165, 1.54) is 22.2 Å². The highest BCUT2D eigenvalue weighted by molar-refractivity contribution is 6.33. The van der Waals surface area contributed by atoms with Crippen molar-refractivity contribution in [1.29, 1.82) is 0 Å². The van der Waals surface area contributed by atoms with Crippen LogP contribution in [0, 0.1) is 20.8 Å². The summed E-state index contributed by atoms with van der Waals surface area (Å²) in [6.45, 7) is 14.5. The van der Waals surface area contributed by atoms with E-state index in [0.717, 1.165) is 22.3 Å². The van der Waals surface area contributed by atoms with Gasteiger partial charge in [0.15, 0.2) is 5.78 Å². The second-order valence-electron chi connectivity index (χ2n) is 7.80. The first kappa shape index (κ1) is 19.2. The fraction of sp³-hybridized carbons (Fsp3) is 0.348. The van der Waals surface area contributed by atoms with E-state index >= 15 is 0 Å². The van der Waals surface area contributed by atoms with Gasteiger partial charge in [-0.05, 0) is 51.3 Å². The monoisotopic (exact) mass is 332 g/mol. The number of Topliss-reactive ketones (excluding diaryl/α,β-unsaturated/α-hetero) is 1. The summed E-state index contributed by atoms with van der Waals surface area (Å²) in [5, 5.41) is 0. The van der Waals surface area contributed by atoms with Crippen LogP contribution in [-0.4, -0.2) is 13.6 Å². The molecule has 2 aromatic carbocycles. The predicted octanol–water partition coefficient (Wildman–Crippen LogP) is 4.21. The molecule has 2 rings (SSSR count). The van der Waals surface area contributed by atoms with Crippen molar-refractivity contribution >= 4 is 24.7 Å². The Hall–Kier alpha value is -2.09. The van der Waals surface area contributed by atoms with Crippen LogP contribution >= 0.6 is 0 Å². The molecule has 0 N–H and O–H groups in total. The maximum Gasteiger partial charge on any atom is 0.160 e. The number of carbonyl (C=O) groups is 1. The molecule has 0 bridgehead atoms. The number of rotatable bonds is 4. The second kappa shape index (κ2) is 7.03. The van der Waals surface area contributed by atoms with Crippen LogP contribution in [0.4, 0.5) is 0 Å². The van der Waals surface area contributed by atoms with Gasteiger partial charge in [0.2, 0.25) is 0 Å². The van der Waals surface area contributed by atoms with Crippen LogP contribution in [0.2, 0.25) is 0 Å². The van der Waals surface area contributed by atoms with Crippen LogP contribution in [0.15, 0.2) is 42.0 Å². The molecule has 2 aromatic rings. The Balaban J connectivity index is 2.69. The van der Waals surface area contributed by atoms with Gasteiger partial charge >= 0.3 is 0 Å². The molecule has 0 aliphatic rings. The van der Waals surface area contributed by atoms with Gasteiger partial charge in [-0.1, -0.05) is 72.4 Å². The van der Waals surface area contributed by atoms with E-state index in [-0.39, 0.29) is 11.2 Å². The molecular formula is C23H29BO. The van der Waals surface area contributed by atoms with Crippen LogP contribution in [0.3, 0.4) is 0 Å². The first-order chi connectivity index (χ1) is 11.6. The number of aryl methyl sites for hydroxylation is 3. The van der Waals surface area contributed by atoms with Crippen molar-refractivity contribution in [1.82, 2.24) is 0 Å². The highest BCUT2D eigenvalue weighted by Gasteiger charge is 2.28. The molecule has 0 spiro atoms. The number of carbonyl (C=O) groups excluding carboxylic acids is 1. The molecule has 0 heterocycles. The summed E-state index contributed by atoms with van der Waals surface area (Å²) in [6.07, 6.45) is 0. The highest BCUT2D eigenvalue weighted by atomic mass is 16.1. The SMILES string of the molecule is Bc1ccc(C(C)(C)/C(C)=C(\C(C)=O)c2ccc(C)cc2C)cc1C. The topological polar surface area (TPSA) is 17.1 Å². The zero-order valence-corrected chi connectivity index (χ0v) is 16.9. The Bertz CT molecular complexity index is 856. The molecule has 1 nitrogen and oxygen atoms in total. The van der Waals surface area contributed by atoms with Crippen molar-refractivity contribution in [2.45, 2.75) is 53.9 Å². The molecule has 0 aromatic heterocycles. The molecule has 2 heteroatoms. The number of allylic oxidation sites excluding steroid dienone is 2. The van der Waals surface area contributed by atoms with Gasteiger partial charge in [-0.2, -0.15) is 0 Å². The molecule has 0 unspecified atom stereocenters. The molecule has 25 heavy (non-hydrogen) atoms. The first-order valence-electron chi connectivity index (χ1n) is 8.93. The Morgan fingerprint density at radius 2 is 1.56 bits per heavy atom. The van der Waals surface area contributed by atoms with Crippen LogP contribution < -0.4 is 5.46 Å². The summed E-state index contributed by atoms with van der Waals surface area (Å²) in [4.78, 5) is 12.6. The third-order valence-electron chi connectivity index (χ3n) is 5.54. The quantitative estimate of drug-likeness (QED) is 0.605. The number of benzene rings is 2. The largest absolute Gasteiger partial charge is 0.294 e. The van der Waals surface area contributed by atoms with E-state index in [0.29, 0.717) is 0 Å². The first-order valence-corrected chi connectivity index (χ1v) is 8.93. The van der Waals surface area contributed by atoms with Crippen molar-refractivity contribution < 1.29 is 4.79 Å². The molecule has 0 amide bonds. The summed E-state index contributed by atoms with van der Waals surface area (Å²) >= 11 is 0. The molecule has 0 radical (unpaired) electrons. The molecule has 0 saturated heterocycles. The smallest absolute Gasteiger partial charge is 0.160 e. The lowest BCUT2D eigenvalue weighted by Crippen LogP contribution is -2.23. The lowest BCUT2D eigenvalue weighted by Gasteiger charge is -2.30. The summed E-state index contributed by atoms with van der Waals surface area (Å²) in [6, 6.07) is 12.9. The van der Waals surface area contributed by atoms with Gasteiger partial charge in [0.1, 0.15) is 7.85 Å². The normalized spacial score (nSPS) is 12.8. The molecule has 0 aliphatic heterocycles. The number of hydrogen-bond donors (Lipinski definition) is 0. The van der Waals surface area contributed by atoms with Crippen molar-refractivity contribution in [3.8, 4) is 0 Å². The van der Waals surface area contributed by atoms with Crippen LogP contribution in [0.25, 0.3) is 5.57 Å². The van der Waals surface area contributed by atoms with Gasteiger partial charge in [-0.25, -0.2) is 0 Å². The van der Waals surface area contributed by atoms with Crippen molar-refractivity contribution in [3.05, 3.63) is 69.8 Å². The average Bonchev–Trinajstić information content (AvgIpc) is 2.51. The van der Waals surface area contributed by atoms with E-state index in [1.807, 2.05) is 0 Å². The summed E-state index contributed by atoms with van der Waals surface area (Å²) in [5.74, 6) is 0.126. The van der Waals surface area contributed by atoms with E-state index < -0.39 is 0 Å². The summed E-state index contributed by atoms with van der Waals surface area (Å²) in [7, 11) is 2.13. The third kappa shape index (κ3) is 3.79. The van der Waals surface area contributed by atoms with Gasteiger partial charge in [-0.3, -0.25) is 4.79 Å². The van der Waals surface area contributed by atoms with Gasteiger partial charge in [0, 0.05) is 11.0 Å². The maximum absolute atomic E-state index is 12.6. The van der Waals surface area contributed by atoms with E-state index in [4.69, 9.17) is 0 Å². The lowest BCUT2D eigenvalue weighted by molar-refractivity contribution is -0.111. The summed E-state index contributed by atoms with van der Waals surface area (Å²) in [5.41, 5.74) is 9.00. The Kier molecular flexibility index (Phi) is 5.41. The zero-order chi connectivity index (χ0) is 18.9. The molecule has 130 valence electrons. The van der Waals surface area contributed by atoms with Gasteiger partial charge in [0.25, 0.3) is 0 Å². The molecule has 0 saturated carbocycles. The standard InChI is InChI=1S/C23H29BO/c1-14-8-10-20(15(2)12-14)22(18(5)25)17(4)23(6,7)19-9-11-21(24)16(3)13-19/h8-13H,24H2,1-7H3/b22-17+. The van der Waals surface area contributed by atoms with E-state index in [9.17, 15) is 4.79 Å². The average molecular weight is 332 g/mol. The Labute approximate surface area is 153 Å². The van der Waals surface area contributed by atoms with E-state index in [1.54, 1.807) is 6.92 Å². The third-order valence-corrected chi connectivity index (χ3v) is 5.54.